The van der Waals surface area contributed by atoms with Crippen molar-refractivity contribution in [3.63, 3.8) is 0 Å². The fourth-order valence-corrected chi connectivity index (χ4v) is 3.95. The highest BCUT2D eigenvalue weighted by Crippen LogP contribution is 2.26. The molecule has 35 heavy (non-hydrogen) atoms. The van der Waals surface area contributed by atoms with E-state index in [4.69, 9.17) is 4.74 Å². The Balaban J connectivity index is 1.26. The van der Waals surface area contributed by atoms with E-state index in [2.05, 4.69) is 27.1 Å². The molecule has 8 heteroatoms. The molecule has 2 aromatic carbocycles. The molecule has 1 aromatic heterocycles. The van der Waals surface area contributed by atoms with Crippen LogP contribution in [0.25, 0.3) is 11.1 Å². The summed E-state index contributed by atoms with van der Waals surface area (Å²) in [6.45, 7) is 5.71. The number of aromatic nitrogens is 1. The van der Waals surface area contributed by atoms with Crippen LogP contribution in [0.4, 0.5) is 8.78 Å². The molecule has 1 aliphatic rings. The van der Waals surface area contributed by atoms with E-state index in [0.29, 0.717) is 34.7 Å². The highest BCUT2D eigenvalue weighted by molar-refractivity contribution is 5.78. The van der Waals surface area contributed by atoms with E-state index in [1.807, 2.05) is 0 Å². The number of halogens is 2. The first-order chi connectivity index (χ1) is 17.0. The van der Waals surface area contributed by atoms with Gasteiger partial charge in [-0.25, -0.2) is 8.78 Å². The van der Waals surface area contributed by atoms with Gasteiger partial charge in [0.1, 0.15) is 24.0 Å². The highest BCUT2D eigenvalue weighted by Gasteiger charge is 2.14. The summed E-state index contributed by atoms with van der Waals surface area (Å²) in [5, 5.41) is 2.75. The lowest BCUT2D eigenvalue weighted by Crippen LogP contribution is -2.45. The molecule has 0 saturated carbocycles. The van der Waals surface area contributed by atoms with Crippen molar-refractivity contribution in [3.05, 3.63) is 83.7 Å². The predicted molar refractivity (Wildman–Crippen MR) is 131 cm³/mol. The van der Waals surface area contributed by atoms with E-state index in [1.54, 1.807) is 42.6 Å². The average molecular weight is 481 g/mol. The fraction of sp³-hybridized carbons (Fsp3) is 0.333. The van der Waals surface area contributed by atoms with Crippen LogP contribution < -0.4 is 10.1 Å². The fourth-order valence-electron chi connectivity index (χ4n) is 3.95. The van der Waals surface area contributed by atoms with E-state index in [0.717, 1.165) is 32.7 Å². The van der Waals surface area contributed by atoms with Gasteiger partial charge in [-0.05, 0) is 42.9 Å². The molecule has 1 amide bonds. The van der Waals surface area contributed by atoms with Crippen molar-refractivity contribution in [3.8, 4) is 16.9 Å². The number of ether oxygens (including phenoxy) is 1. The molecule has 3 aromatic rings. The van der Waals surface area contributed by atoms with Crippen molar-refractivity contribution in [1.29, 1.82) is 0 Å². The molecule has 1 aliphatic heterocycles. The number of piperazine rings is 1. The quantitative estimate of drug-likeness (QED) is 0.508. The molecule has 1 saturated heterocycles. The van der Waals surface area contributed by atoms with E-state index >= 15 is 0 Å². The van der Waals surface area contributed by atoms with Crippen LogP contribution in [0, 0.1) is 11.6 Å². The molecule has 0 radical (unpaired) electrons. The molecule has 2 heterocycles. The molecule has 0 spiro atoms. The van der Waals surface area contributed by atoms with Crippen LogP contribution in [0.1, 0.15) is 11.3 Å². The van der Waals surface area contributed by atoms with Crippen LogP contribution in [0.3, 0.4) is 0 Å². The van der Waals surface area contributed by atoms with Crippen molar-refractivity contribution in [2.45, 2.75) is 13.0 Å². The number of nitrogens with one attached hydrogen (secondary N) is 1. The minimum absolute atomic E-state index is 0.0815. The second-order valence-electron chi connectivity index (χ2n) is 8.76. The molecule has 0 aliphatic carbocycles. The number of benzene rings is 2. The summed E-state index contributed by atoms with van der Waals surface area (Å²) >= 11 is 0. The number of rotatable bonds is 9. The summed E-state index contributed by atoms with van der Waals surface area (Å²) in [4.78, 5) is 21.2. The van der Waals surface area contributed by atoms with Crippen LogP contribution in [-0.4, -0.2) is 67.1 Å². The van der Waals surface area contributed by atoms with Crippen molar-refractivity contribution in [2.75, 3.05) is 46.4 Å². The number of hydrogen-bond acceptors (Lipinski definition) is 5. The zero-order chi connectivity index (χ0) is 24.6. The van der Waals surface area contributed by atoms with Gasteiger partial charge < -0.3 is 15.0 Å². The minimum atomic E-state index is -0.385. The zero-order valence-electron chi connectivity index (χ0n) is 19.8. The van der Waals surface area contributed by atoms with Crippen LogP contribution >= 0.6 is 0 Å². The first-order valence-electron chi connectivity index (χ1n) is 11.8. The number of likely N-dealkylation sites (N-methyl/N-ethyl adjacent to an activating group) is 1. The van der Waals surface area contributed by atoms with E-state index in [1.165, 1.54) is 18.2 Å². The number of nitrogens with zero attached hydrogens (tertiary/aromatic N) is 3. The maximum Gasteiger partial charge on any atom is 0.226 e. The molecule has 4 rings (SSSR count). The molecular formula is C27H30F2N4O2. The Kier molecular flexibility index (Phi) is 8.39. The van der Waals surface area contributed by atoms with Crippen molar-refractivity contribution < 1.29 is 18.3 Å². The molecule has 1 fully saturated rings. The van der Waals surface area contributed by atoms with Gasteiger partial charge in [0.15, 0.2) is 0 Å². The monoisotopic (exact) mass is 480 g/mol. The smallest absolute Gasteiger partial charge is 0.226 e. The molecule has 1 N–H and O–H groups in total. The van der Waals surface area contributed by atoms with E-state index in [-0.39, 0.29) is 30.5 Å². The number of hydrogen-bond donors (Lipinski definition) is 1. The van der Waals surface area contributed by atoms with Crippen molar-refractivity contribution >= 4 is 5.91 Å². The van der Waals surface area contributed by atoms with Gasteiger partial charge in [-0.1, -0.05) is 18.2 Å². The molecular weight excluding hydrogens is 450 g/mol. The third kappa shape index (κ3) is 7.31. The average Bonchev–Trinajstić information content (AvgIpc) is 2.85. The second-order valence-corrected chi connectivity index (χ2v) is 8.76. The Labute approximate surface area is 204 Å². The molecule has 184 valence electrons. The third-order valence-electron chi connectivity index (χ3n) is 6.07. The summed E-state index contributed by atoms with van der Waals surface area (Å²) < 4.78 is 33.7. The Hall–Kier alpha value is -3.36. The summed E-state index contributed by atoms with van der Waals surface area (Å²) in [7, 11) is 2.12. The molecule has 0 atom stereocenters. The van der Waals surface area contributed by atoms with Crippen LogP contribution in [0.2, 0.25) is 0 Å². The second kappa shape index (κ2) is 11.9. The summed E-state index contributed by atoms with van der Waals surface area (Å²) in [6.07, 6.45) is 1.64. The Morgan fingerprint density at radius 3 is 2.60 bits per heavy atom. The first kappa shape index (κ1) is 24.8. The maximum atomic E-state index is 14.7. The van der Waals surface area contributed by atoms with Crippen molar-refractivity contribution in [1.82, 2.24) is 20.1 Å². The van der Waals surface area contributed by atoms with Gasteiger partial charge in [-0.15, -0.1) is 0 Å². The van der Waals surface area contributed by atoms with E-state index < -0.39 is 0 Å². The van der Waals surface area contributed by atoms with Gasteiger partial charge >= 0.3 is 0 Å². The lowest BCUT2D eigenvalue weighted by molar-refractivity contribution is -0.120. The third-order valence-corrected chi connectivity index (χ3v) is 6.07. The van der Waals surface area contributed by atoms with Crippen LogP contribution in [-0.2, 0) is 17.8 Å². The van der Waals surface area contributed by atoms with Crippen LogP contribution in [0.5, 0.6) is 5.75 Å². The standard InChI is InChI=1S/C27H30F2N4O2/c1-32-9-11-33(12-10-32)13-14-35-24-7-8-25(26(29)17-24)21-5-6-23(30-19-21)16-27(34)31-18-20-3-2-4-22(28)15-20/h2-8,15,17,19H,9-14,16,18H2,1H3,(H,31,34). The van der Waals surface area contributed by atoms with Gasteiger partial charge in [0.25, 0.3) is 0 Å². The lowest BCUT2D eigenvalue weighted by atomic mass is 10.1. The predicted octanol–water partition coefficient (Wildman–Crippen LogP) is 3.51. The van der Waals surface area contributed by atoms with Gasteiger partial charge in [0.05, 0.1) is 6.42 Å². The highest BCUT2D eigenvalue weighted by atomic mass is 19.1. The Morgan fingerprint density at radius 2 is 1.89 bits per heavy atom. The van der Waals surface area contributed by atoms with Crippen molar-refractivity contribution in [2.24, 2.45) is 0 Å². The largest absolute Gasteiger partial charge is 0.492 e. The summed E-state index contributed by atoms with van der Waals surface area (Å²) in [6, 6.07) is 14.4. The van der Waals surface area contributed by atoms with Crippen LogP contribution in [0.15, 0.2) is 60.8 Å². The summed E-state index contributed by atoms with van der Waals surface area (Å²) in [5.74, 6) is -0.449. The van der Waals surface area contributed by atoms with Gasteiger partial charge in [0, 0.05) is 68.4 Å². The number of carbonyl (C=O) groups excluding carboxylic acids is 1. The number of carbonyl (C=O) groups is 1. The molecule has 6 nitrogen and oxygen atoms in total. The lowest BCUT2D eigenvalue weighted by Gasteiger charge is -2.32. The number of amides is 1. The SMILES string of the molecule is CN1CCN(CCOc2ccc(-c3ccc(CC(=O)NCc4cccc(F)c4)nc3)c(F)c2)CC1. The Morgan fingerprint density at radius 1 is 1.06 bits per heavy atom. The summed E-state index contributed by atoms with van der Waals surface area (Å²) in [5.41, 5.74) is 2.29. The van der Waals surface area contributed by atoms with Gasteiger partial charge in [-0.3, -0.25) is 14.7 Å². The Bertz CT molecular complexity index is 1130. The topological polar surface area (TPSA) is 57.7 Å². The molecule has 0 bridgehead atoms. The maximum absolute atomic E-state index is 14.7. The molecule has 0 unspecified atom stereocenters. The normalized spacial score (nSPS) is 14.6. The minimum Gasteiger partial charge on any atom is -0.492 e. The first-order valence-corrected chi connectivity index (χ1v) is 11.8. The number of pyridine rings is 1. The van der Waals surface area contributed by atoms with Gasteiger partial charge in [-0.2, -0.15) is 0 Å². The van der Waals surface area contributed by atoms with Gasteiger partial charge in [0.2, 0.25) is 5.91 Å². The zero-order valence-corrected chi connectivity index (χ0v) is 19.8. The van der Waals surface area contributed by atoms with E-state index in [9.17, 15) is 13.6 Å².